The van der Waals surface area contributed by atoms with Gasteiger partial charge in [-0.2, -0.15) is 0 Å². The van der Waals surface area contributed by atoms with E-state index in [1.807, 2.05) is 30.3 Å². The quantitative estimate of drug-likeness (QED) is 0.339. The Kier molecular flexibility index (Phi) is 3.65. The van der Waals surface area contributed by atoms with E-state index in [-0.39, 0.29) is 6.04 Å². The number of rotatable bonds is 2. The molecule has 2 aromatic carbocycles. The molecule has 0 radical (unpaired) electrons. The zero-order valence-electron chi connectivity index (χ0n) is 11.2. The lowest BCUT2D eigenvalue weighted by atomic mass is 10.1. The van der Waals surface area contributed by atoms with Crippen LogP contribution >= 0.6 is 0 Å². The third-order valence-corrected chi connectivity index (χ3v) is 3.56. The maximum absolute atomic E-state index is 5.58. The van der Waals surface area contributed by atoms with E-state index in [1.54, 1.807) is 0 Å². The van der Waals surface area contributed by atoms with Crippen LogP contribution in [0.25, 0.3) is 0 Å². The average molecular weight is 266 g/mol. The summed E-state index contributed by atoms with van der Waals surface area (Å²) < 4.78 is 0. The van der Waals surface area contributed by atoms with Gasteiger partial charge in [0.25, 0.3) is 0 Å². The molecule has 0 aromatic heterocycles. The predicted octanol–water partition coefficient (Wildman–Crippen LogP) is 2.61. The van der Waals surface area contributed by atoms with E-state index in [2.05, 4.69) is 35.0 Å². The number of aryl methyl sites for hydroxylation is 1. The fraction of sp³-hybridized carbons (Fsp3) is 0.188. The molecule has 0 amide bonds. The Morgan fingerprint density at radius 2 is 1.80 bits per heavy atom. The van der Waals surface area contributed by atoms with E-state index in [0.717, 1.165) is 18.5 Å². The monoisotopic (exact) mass is 266 g/mol. The highest BCUT2D eigenvalue weighted by Gasteiger charge is 2.21. The van der Waals surface area contributed by atoms with E-state index in [1.165, 1.54) is 11.1 Å². The first-order valence-corrected chi connectivity index (χ1v) is 6.81. The van der Waals surface area contributed by atoms with Crippen molar-refractivity contribution in [3.8, 4) is 0 Å². The minimum absolute atomic E-state index is 0.175. The lowest BCUT2D eigenvalue weighted by Gasteiger charge is -2.12. The summed E-state index contributed by atoms with van der Waals surface area (Å²) in [6.07, 6.45) is 2.11. The second-order valence-corrected chi connectivity index (χ2v) is 4.87. The molecule has 102 valence electrons. The molecule has 1 unspecified atom stereocenters. The van der Waals surface area contributed by atoms with Gasteiger partial charge in [-0.25, -0.2) is 10.8 Å². The van der Waals surface area contributed by atoms with Crippen LogP contribution in [-0.4, -0.2) is 5.96 Å². The van der Waals surface area contributed by atoms with Gasteiger partial charge in [-0.1, -0.05) is 42.5 Å². The number of hydrazine groups is 1. The van der Waals surface area contributed by atoms with E-state index in [4.69, 9.17) is 10.8 Å². The number of para-hydroxylation sites is 1. The molecular formula is C16H18N4. The summed E-state index contributed by atoms with van der Waals surface area (Å²) in [6.45, 7) is 0. The smallest absolute Gasteiger partial charge is 0.210 e. The van der Waals surface area contributed by atoms with Gasteiger partial charge in [0.2, 0.25) is 5.96 Å². The van der Waals surface area contributed by atoms with E-state index < -0.39 is 0 Å². The summed E-state index contributed by atoms with van der Waals surface area (Å²) in [4.78, 5) is 4.70. The number of aliphatic imine (C=N–C) groups is 1. The van der Waals surface area contributed by atoms with Crippen molar-refractivity contribution in [3.05, 3.63) is 65.7 Å². The molecule has 4 nitrogen and oxygen atoms in total. The van der Waals surface area contributed by atoms with Crippen molar-refractivity contribution < 1.29 is 0 Å². The predicted molar refractivity (Wildman–Crippen MR) is 82.3 cm³/mol. The molecule has 20 heavy (non-hydrogen) atoms. The molecule has 0 saturated heterocycles. The highest BCUT2D eigenvalue weighted by Crippen LogP contribution is 2.33. The molecule has 4 N–H and O–H groups in total. The Balaban J connectivity index is 1.80. The van der Waals surface area contributed by atoms with Gasteiger partial charge < -0.3 is 5.32 Å². The summed E-state index contributed by atoms with van der Waals surface area (Å²) in [5.74, 6) is 6.17. The molecule has 1 aliphatic carbocycles. The van der Waals surface area contributed by atoms with Crippen LogP contribution < -0.4 is 16.6 Å². The third kappa shape index (κ3) is 2.65. The summed E-state index contributed by atoms with van der Waals surface area (Å²) in [5, 5.41) is 3.20. The standard InChI is InChI=1S/C16H18N4/c17-20-16(18-13-7-2-1-3-8-13)19-15-11-10-12-6-4-5-9-14(12)15/h1-9,15H,10-11,17H2,(H2,18,19,20). The van der Waals surface area contributed by atoms with Crippen LogP contribution in [0.2, 0.25) is 0 Å². The number of guanidine groups is 1. The lowest BCUT2D eigenvalue weighted by Crippen LogP contribution is -2.36. The van der Waals surface area contributed by atoms with Gasteiger partial charge in [0.05, 0.1) is 6.04 Å². The van der Waals surface area contributed by atoms with Crippen molar-refractivity contribution in [1.29, 1.82) is 0 Å². The second kappa shape index (κ2) is 5.75. The van der Waals surface area contributed by atoms with Crippen LogP contribution in [0.5, 0.6) is 0 Å². The zero-order valence-corrected chi connectivity index (χ0v) is 11.2. The molecule has 2 aromatic rings. The summed E-state index contributed by atoms with van der Waals surface area (Å²) in [6, 6.07) is 18.5. The first kappa shape index (κ1) is 12.7. The highest BCUT2D eigenvalue weighted by atomic mass is 15.3. The first-order chi connectivity index (χ1) is 9.86. The maximum Gasteiger partial charge on any atom is 0.210 e. The van der Waals surface area contributed by atoms with Crippen LogP contribution in [0.15, 0.2) is 59.6 Å². The van der Waals surface area contributed by atoms with Gasteiger partial charge in [0.1, 0.15) is 0 Å². The van der Waals surface area contributed by atoms with E-state index >= 15 is 0 Å². The Labute approximate surface area is 118 Å². The number of benzene rings is 2. The number of fused-ring (bicyclic) bond motifs is 1. The van der Waals surface area contributed by atoms with Crippen LogP contribution in [-0.2, 0) is 6.42 Å². The molecule has 0 heterocycles. The molecule has 1 atom stereocenters. The van der Waals surface area contributed by atoms with Crippen molar-refractivity contribution in [2.75, 3.05) is 5.32 Å². The topological polar surface area (TPSA) is 62.4 Å². The van der Waals surface area contributed by atoms with Gasteiger partial charge in [-0.15, -0.1) is 0 Å². The molecule has 0 saturated carbocycles. The minimum atomic E-state index is 0.175. The molecule has 0 fully saturated rings. The number of anilines is 1. The molecule has 0 aliphatic heterocycles. The van der Waals surface area contributed by atoms with Gasteiger partial charge in [0.15, 0.2) is 0 Å². The molecule has 4 heteroatoms. The normalized spacial score (nSPS) is 17.6. The Hall–Kier alpha value is -2.33. The summed E-state index contributed by atoms with van der Waals surface area (Å²) in [5.41, 5.74) is 6.30. The molecule has 0 bridgehead atoms. The second-order valence-electron chi connectivity index (χ2n) is 4.87. The SMILES string of the molecule is NNC(=NC1CCc2ccccc21)Nc1ccccc1. The summed E-state index contributed by atoms with van der Waals surface area (Å²) in [7, 11) is 0. The molecule has 0 spiro atoms. The maximum atomic E-state index is 5.58. The number of hydrogen-bond acceptors (Lipinski definition) is 2. The van der Waals surface area contributed by atoms with Crippen LogP contribution in [0, 0.1) is 0 Å². The van der Waals surface area contributed by atoms with Gasteiger partial charge in [-0.3, -0.25) is 5.43 Å². The first-order valence-electron chi connectivity index (χ1n) is 6.81. The van der Waals surface area contributed by atoms with Crippen molar-refractivity contribution in [3.63, 3.8) is 0 Å². The third-order valence-electron chi connectivity index (χ3n) is 3.56. The minimum Gasteiger partial charge on any atom is -0.325 e. The molecule has 3 rings (SSSR count). The van der Waals surface area contributed by atoms with E-state index in [0.29, 0.717) is 5.96 Å². The van der Waals surface area contributed by atoms with Gasteiger partial charge in [-0.05, 0) is 36.1 Å². The van der Waals surface area contributed by atoms with Crippen molar-refractivity contribution in [1.82, 2.24) is 5.43 Å². The van der Waals surface area contributed by atoms with Crippen LogP contribution in [0.1, 0.15) is 23.6 Å². The van der Waals surface area contributed by atoms with Crippen molar-refractivity contribution in [2.45, 2.75) is 18.9 Å². The number of nitrogens with one attached hydrogen (secondary N) is 2. The van der Waals surface area contributed by atoms with Crippen molar-refractivity contribution >= 4 is 11.6 Å². The Morgan fingerprint density at radius 3 is 2.60 bits per heavy atom. The zero-order chi connectivity index (χ0) is 13.8. The fourth-order valence-electron chi connectivity index (χ4n) is 2.59. The fourth-order valence-corrected chi connectivity index (χ4v) is 2.59. The largest absolute Gasteiger partial charge is 0.325 e. The summed E-state index contributed by atoms with van der Waals surface area (Å²) >= 11 is 0. The average Bonchev–Trinajstić information content (AvgIpc) is 2.91. The highest BCUT2D eigenvalue weighted by molar-refractivity contribution is 5.93. The number of nitrogens with two attached hydrogens (primary N) is 1. The molecular weight excluding hydrogens is 248 g/mol. The number of hydrogen-bond donors (Lipinski definition) is 3. The Bertz CT molecular complexity index is 607. The van der Waals surface area contributed by atoms with Crippen molar-refractivity contribution in [2.24, 2.45) is 10.8 Å². The van der Waals surface area contributed by atoms with Gasteiger partial charge in [0, 0.05) is 5.69 Å². The van der Waals surface area contributed by atoms with Crippen LogP contribution in [0.3, 0.4) is 0 Å². The van der Waals surface area contributed by atoms with Gasteiger partial charge >= 0.3 is 0 Å². The van der Waals surface area contributed by atoms with Crippen LogP contribution in [0.4, 0.5) is 5.69 Å². The molecule has 1 aliphatic rings. The Morgan fingerprint density at radius 1 is 1.05 bits per heavy atom. The number of nitrogens with zero attached hydrogens (tertiary/aromatic N) is 1. The van der Waals surface area contributed by atoms with E-state index in [9.17, 15) is 0 Å². The lowest BCUT2D eigenvalue weighted by molar-refractivity contribution is 0.709.